The maximum Gasteiger partial charge on any atom is 0.241 e. The number of nitriles is 1. The summed E-state index contributed by atoms with van der Waals surface area (Å²) in [6, 6.07) is 16.1. The summed E-state index contributed by atoms with van der Waals surface area (Å²) in [6.07, 6.45) is 0.708. The second-order valence-corrected chi connectivity index (χ2v) is 8.48. The van der Waals surface area contributed by atoms with E-state index in [1.807, 2.05) is 68.1 Å². The van der Waals surface area contributed by atoms with Crippen molar-refractivity contribution in [2.24, 2.45) is 0 Å². The summed E-state index contributed by atoms with van der Waals surface area (Å²) in [6.45, 7) is 9.36. The van der Waals surface area contributed by atoms with Crippen molar-refractivity contribution < 1.29 is 9.59 Å². The fourth-order valence-corrected chi connectivity index (χ4v) is 3.97. The Bertz CT molecular complexity index is 1000. The Labute approximate surface area is 191 Å². The van der Waals surface area contributed by atoms with Crippen molar-refractivity contribution in [2.75, 3.05) is 44.2 Å². The van der Waals surface area contributed by atoms with Crippen LogP contribution in [0, 0.1) is 32.1 Å². The molecule has 1 saturated heterocycles. The molecule has 3 rings (SSSR count). The molecule has 0 bridgehead atoms. The van der Waals surface area contributed by atoms with Gasteiger partial charge in [-0.2, -0.15) is 5.26 Å². The summed E-state index contributed by atoms with van der Waals surface area (Å²) in [7, 11) is 0. The van der Waals surface area contributed by atoms with Crippen LogP contribution in [0.1, 0.15) is 28.7 Å². The first-order chi connectivity index (χ1) is 15.4. The standard InChI is InChI=1S/C26H32N4O2/c1-20-9-10-24(17-22(20)3)30(12-6-11-27)26(32)19-28-13-15-29(16-14-28)25(31)18-23-8-5-4-7-21(23)2/h4-5,7-10,17H,6,12-16,18-19H2,1-3H3. The molecule has 0 spiro atoms. The molecular formula is C26H32N4O2. The van der Waals surface area contributed by atoms with Crippen molar-refractivity contribution in [3.63, 3.8) is 0 Å². The first-order valence-corrected chi connectivity index (χ1v) is 11.2. The topological polar surface area (TPSA) is 67.7 Å². The van der Waals surface area contributed by atoms with Crippen molar-refractivity contribution >= 4 is 17.5 Å². The fraction of sp³-hybridized carbons (Fsp3) is 0.423. The lowest BCUT2D eigenvalue weighted by Gasteiger charge is -2.35. The predicted octanol–water partition coefficient (Wildman–Crippen LogP) is 3.25. The highest BCUT2D eigenvalue weighted by Crippen LogP contribution is 2.20. The van der Waals surface area contributed by atoms with Crippen molar-refractivity contribution in [1.82, 2.24) is 9.80 Å². The number of anilines is 1. The van der Waals surface area contributed by atoms with Crippen LogP contribution in [0.2, 0.25) is 0 Å². The van der Waals surface area contributed by atoms with Crippen LogP contribution in [0.25, 0.3) is 0 Å². The Hall–Kier alpha value is -3.17. The molecule has 0 aromatic heterocycles. The SMILES string of the molecule is Cc1ccc(N(CCC#N)C(=O)CN2CCN(C(=O)Cc3ccccc3C)CC2)cc1C. The number of amides is 2. The van der Waals surface area contributed by atoms with Crippen LogP contribution in [-0.2, 0) is 16.0 Å². The van der Waals surface area contributed by atoms with Crippen LogP contribution in [0.4, 0.5) is 5.69 Å². The third-order valence-electron chi connectivity index (χ3n) is 6.24. The summed E-state index contributed by atoms with van der Waals surface area (Å²) in [5.74, 6) is 0.124. The van der Waals surface area contributed by atoms with Gasteiger partial charge in [0.25, 0.3) is 0 Å². The van der Waals surface area contributed by atoms with Crippen LogP contribution in [0.5, 0.6) is 0 Å². The molecule has 6 heteroatoms. The van der Waals surface area contributed by atoms with Gasteiger partial charge in [0.05, 0.1) is 25.5 Å². The summed E-state index contributed by atoms with van der Waals surface area (Å²) in [5.41, 5.74) is 5.33. The maximum atomic E-state index is 13.1. The minimum atomic E-state index is -0.0109. The van der Waals surface area contributed by atoms with Crippen molar-refractivity contribution in [3.05, 3.63) is 64.7 Å². The number of hydrogen-bond acceptors (Lipinski definition) is 4. The van der Waals surface area contributed by atoms with Gasteiger partial charge in [-0.3, -0.25) is 14.5 Å². The Morgan fingerprint density at radius 3 is 2.34 bits per heavy atom. The average Bonchev–Trinajstić information content (AvgIpc) is 2.78. The summed E-state index contributed by atoms with van der Waals surface area (Å²) in [4.78, 5) is 31.5. The smallest absolute Gasteiger partial charge is 0.241 e. The van der Waals surface area contributed by atoms with E-state index in [-0.39, 0.29) is 18.4 Å². The lowest BCUT2D eigenvalue weighted by Crippen LogP contribution is -2.52. The lowest BCUT2D eigenvalue weighted by molar-refractivity contribution is -0.132. The highest BCUT2D eigenvalue weighted by Gasteiger charge is 2.25. The molecule has 6 nitrogen and oxygen atoms in total. The van der Waals surface area contributed by atoms with Crippen LogP contribution in [-0.4, -0.2) is 60.9 Å². The fourth-order valence-electron chi connectivity index (χ4n) is 3.97. The number of piperazine rings is 1. The molecule has 1 fully saturated rings. The molecule has 0 radical (unpaired) electrons. The molecule has 0 saturated carbocycles. The van der Waals surface area contributed by atoms with Crippen molar-refractivity contribution in [1.29, 1.82) is 5.26 Å². The average molecular weight is 433 g/mol. The van der Waals surface area contributed by atoms with E-state index in [1.54, 1.807) is 4.90 Å². The molecule has 2 aromatic rings. The molecule has 1 aliphatic rings. The second kappa shape index (κ2) is 10.9. The molecule has 1 heterocycles. The highest BCUT2D eigenvalue weighted by atomic mass is 16.2. The largest absolute Gasteiger partial charge is 0.340 e. The van der Waals surface area contributed by atoms with Gasteiger partial charge in [0.1, 0.15) is 0 Å². The van der Waals surface area contributed by atoms with Gasteiger partial charge in [-0.05, 0) is 55.2 Å². The van der Waals surface area contributed by atoms with Gasteiger partial charge in [-0.1, -0.05) is 30.3 Å². The van der Waals surface area contributed by atoms with E-state index >= 15 is 0 Å². The van der Waals surface area contributed by atoms with E-state index in [0.29, 0.717) is 45.6 Å². The van der Waals surface area contributed by atoms with Crippen LogP contribution in [0.3, 0.4) is 0 Å². The molecule has 2 amide bonds. The number of carbonyl (C=O) groups excluding carboxylic acids is 2. The number of carbonyl (C=O) groups is 2. The number of benzene rings is 2. The van der Waals surface area contributed by atoms with E-state index in [1.165, 1.54) is 5.56 Å². The predicted molar refractivity (Wildman–Crippen MR) is 126 cm³/mol. The number of hydrogen-bond donors (Lipinski definition) is 0. The van der Waals surface area contributed by atoms with E-state index in [2.05, 4.69) is 11.0 Å². The molecule has 0 atom stereocenters. The van der Waals surface area contributed by atoms with E-state index in [9.17, 15) is 9.59 Å². The molecule has 2 aromatic carbocycles. The third kappa shape index (κ3) is 5.95. The van der Waals surface area contributed by atoms with Crippen LogP contribution in [0.15, 0.2) is 42.5 Å². The highest BCUT2D eigenvalue weighted by molar-refractivity contribution is 5.95. The van der Waals surface area contributed by atoms with E-state index < -0.39 is 0 Å². The minimum Gasteiger partial charge on any atom is -0.340 e. The normalized spacial score (nSPS) is 14.1. The van der Waals surface area contributed by atoms with Gasteiger partial charge in [-0.15, -0.1) is 0 Å². The van der Waals surface area contributed by atoms with Crippen LogP contribution < -0.4 is 4.90 Å². The van der Waals surface area contributed by atoms with Gasteiger partial charge >= 0.3 is 0 Å². The zero-order valence-electron chi connectivity index (χ0n) is 19.3. The number of aryl methyl sites for hydroxylation is 3. The molecular weight excluding hydrogens is 400 g/mol. The Morgan fingerprint density at radius 2 is 1.69 bits per heavy atom. The molecule has 0 aliphatic carbocycles. The quantitative estimate of drug-likeness (QED) is 0.674. The van der Waals surface area contributed by atoms with Crippen molar-refractivity contribution in [2.45, 2.75) is 33.6 Å². The van der Waals surface area contributed by atoms with Gasteiger partial charge < -0.3 is 9.80 Å². The molecule has 32 heavy (non-hydrogen) atoms. The Balaban J connectivity index is 1.57. The number of nitrogens with zero attached hydrogens (tertiary/aromatic N) is 4. The molecule has 168 valence electrons. The number of rotatable bonds is 7. The van der Waals surface area contributed by atoms with E-state index in [0.717, 1.165) is 22.4 Å². The first kappa shape index (κ1) is 23.5. The summed E-state index contributed by atoms with van der Waals surface area (Å²) >= 11 is 0. The van der Waals surface area contributed by atoms with Gasteiger partial charge in [-0.25, -0.2) is 0 Å². The van der Waals surface area contributed by atoms with E-state index in [4.69, 9.17) is 5.26 Å². The maximum absolute atomic E-state index is 13.1. The lowest BCUT2D eigenvalue weighted by atomic mass is 10.1. The van der Waals surface area contributed by atoms with Gasteiger partial charge in [0.15, 0.2) is 0 Å². The third-order valence-corrected chi connectivity index (χ3v) is 6.24. The summed E-state index contributed by atoms with van der Waals surface area (Å²) in [5, 5.41) is 9.03. The zero-order chi connectivity index (χ0) is 23.1. The summed E-state index contributed by atoms with van der Waals surface area (Å²) < 4.78 is 0. The zero-order valence-corrected chi connectivity index (χ0v) is 19.3. The monoisotopic (exact) mass is 432 g/mol. The Kier molecular flexibility index (Phi) is 8.02. The van der Waals surface area contributed by atoms with Gasteiger partial charge in [0.2, 0.25) is 11.8 Å². The Morgan fingerprint density at radius 1 is 0.969 bits per heavy atom. The van der Waals surface area contributed by atoms with Crippen LogP contribution >= 0.6 is 0 Å². The first-order valence-electron chi connectivity index (χ1n) is 11.2. The van der Waals surface area contributed by atoms with Crippen molar-refractivity contribution in [3.8, 4) is 6.07 Å². The molecule has 1 aliphatic heterocycles. The second-order valence-electron chi connectivity index (χ2n) is 8.48. The minimum absolute atomic E-state index is 0.0109. The molecule has 0 unspecified atom stereocenters. The van der Waals surface area contributed by atoms with Gasteiger partial charge in [0, 0.05) is 38.4 Å². The molecule has 0 N–H and O–H groups in total.